The number of aliphatic hydroxyl groups is 1. The number of ether oxygens (including phenoxy) is 1. The molecule has 1 aromatic carbocycles. The molecular weight excluding hydrogens is 254 g/mol. The number of aryl methyl sites for hydroxylation is 1. The van der Waals surface area contributed by atoms with E-state index in [1.54, 1.807) is 0 Å². The lowest BCUT2D eigenvalue weighted by Crippen LogP contribution is -2.43. The van der Waals surface area contributed by atoms with Crippen molar-refractivity contribution in [3.05, 3.63) is 29.8 Å². The topological polar surface area (TPSA) is 49.8 Å². The summed E-state index contributed by atoms with van der Waals surface area (Å²) in [6.45, 7) is 2.03. The van der Waals surface area contributed by atoms with Gasteiger partial charge in [-0.1, -0.05) is 12.1 Å². The molecule has 4 fully saturated rings. The number of benzene rings is 1. The van der Waals surface area contributed by atoms with E-state index >= 15 is 0 Å². The molecule has 1 N–H and O–H groups in total. The predicted octanol–water partition coefficient (Wildman–Crippen LogP) is 1.31. The summed E-state index contributed by atoms with van der Waals surface area (Å²) in [6, 6.07) is 8.03. The van der Waals surface area contributed by atoms with Crippen LogP contribution in [-0.2, 0) is 9.53 Å². The predicted molar refractivity (Wildman–Crippen MR) is 71.9 cm³/mol. The first-order valence-corrected chi connectivity index (χ1v) is 7.40. The van der Waals surface area contributed by atoms with Gasteiger partial charge in [-0.25, -0.2) is 0 Å². The van der Waals surface area contributed by atoms with Crippen LogP contribution in [0.1, 0.15) is 12.0 Å². The molecule has 0 spiro atoms. The molecular formula is C16H17NO3. The number of rotatable bonds is 1. The van der Waals surface area contributed by atoms with Crippen LogP contribution in [0.3, 0.4) is 0 Å². The van der Waals surface area contributed by atoms with Crippen LogP contribution in [0.2, 0.25) is 0 Å². The molecule has 7 atom stereocenters. The summed E-state index contributed by atoms with van der Waals surface area (Å²) in [6.07, 6.45) is 0.318. The maximum absolute atomic E-state index is 12.8. The molecule has 4 nitrogen and oxygen atoms in total. The van der Waals surface area contributed by atoms with Crippen molar-refractivity contribution in [2.24, 2.45) is 23.7 Å². The van der Waals surface area contributed by atoms with Crippen molar-refractivity contribution in [1.29, 1.82) is 0 Å². The standard InChI is InChI=1S/C16H17NO3/c1-7-3-2-4-8(5-7)17-15(19)11-9-6-10-12(11)16(17)20-14(10)13(9)18/h2-5,9-14,16,18H,6H2,1H3/t9-,10-,11-,12-,13-,14+,16-/m1/s1. The fourth-order valence-electron chi connectivity index (χ4n) is 5.11. The number of amides is 1. The maximum Gasteiger partial charge on any atom is 0.233 e. The lowest BCUT2D eigenvalue weighted by Gasteiger charge is -2.30. The lowest BCUT2D eigenvalue weighted by molar-refractivity contribution is -0.128. The van der Waals surface area contributed by atoms with Gasteiger partial charge >= 0.3 is 0 Å². The van der Waals surface area contributed by atoms with Crippen molar-refractivity contribution in [2.45, 2.75) is 31.8 Å². The molecule has 2 heterocycles. The van der Waals surface area contributed by atoms with E-state index in [4.69, 9.17) is 4.74 Å². The number of aliphatic hydroxyl groups excluding tert-OH is 1. The van der Waals surface area contributed by atoms with Gasteiger partial charge in [0.25, 0.3) is 0 Å². The first kappa shape index (κ1) is 11.3. The zero-order valence-corrected chi connectivity index (χ0v) is 11.3. The number of anilines is 1. The van der Waals surface area contributed by atoms with Gasteiger partial charge < -0.3 is 9.84 Å². The van der Waals surface area contributed by atoms with Crippen LogP contribution in [-0.4, -0.2) is 29.4 Å². The van der Waals surface area contributed by atoms with Gasteiger partial charge in [-0.15, -0.1) is 0 Å². The summed E-state index contributed by atoms with van der Waals surface area (Å²) in [7, 11) is 0. The fourth-order valence-corrected chi connectivity index (χ4v) is 5.11. The van der Waals surface area contributed by atoms with Crippen LogP contribution in [0, 0.1) is 30.6 Å². The average molecular weight is 271 g/mol. The Morgan fingerprint density at radius 3 is 3.00 bits per heavy atom. The minimum Gasteiger partial charge on any atom is -0.390 e. The van der Waals surface area contributed by atoms with Crippen LogP contribution in [0.5, 0.6) is 0 Å². The first-order chi connectivity index (χ1) is 9.66. The number of nitrogens with zero attached hydrogens (tertiary/aromatic N) is 1. The summed E-state index contributed by atoms with van der Waals surface area (Å²) in [4.78, 5) is 14.6. The molecule has 0 unspecified atom stereocenters. The van der Waals surface area contributed by atoms with Crippen LogP contribution < -0.4 is 4.90 Å². The summed E-state index contributed by atoms with van der Waals surface area (Å²) in [5.41, 5.74) is 2.08. The Labute approximate surface area is 117 Å². The summed E-state index contributed by atoms with van der Waals surface area (Å²) >= 11 is 0. The molecule has 2 aliphatic heterocycles. The highest BCUT2D eigenvalue weighted by atomic mass is 16.5. The van der Waals surface area contributed by atoms with Crippen molar-refractivity contribution in [3.63, 3.8) is 0 Å². The lowest BCUT2D eigenvalue weighted by atomic mass is 9.80. The third-order valence-electron chi connectivity index (χ3n) is 5.79. The van der Waals surface area contributed by atoms with E-state index < -0.39 is 6.10 Å². The SMILES string of the molecule is Cc1cccc(N2C(=O)[C@@H]3[C@H]4C[C@H]5[C@H](O[C@@H]2[C@H]53)[C@@H]4O)c1. The number of fused-ring (bicyclic) bond motifs is 2. The van der Waals surface area contributed by atoms with Gasteiger partial charge in [0, 0.05) is 11.6 Å². The quantitative estimate of drug-likeness (QED) is 0.838. The number of hydrogen-bond acceptors (Lipinski definition) is 3. The Hall–Kier alpha value is -1.39. The zero-order valence-electron chi connectivity index (χ0n) is 11.3. The van der Waals surface area contributed by atoms with Crippen molar-refractivity contribution in [2.75, 3.05) is 4.90 Å². The van der Waals surface area contributed by atoms with Gasteiger partial charge in [-0.2, -0.15) is 0 Å². The number of hydrogen-bond donors (Lipinski definition) is 1. The van der Waals surface area contributed by atoms with Crippen molar-refractivity contribution < 1.29 is 14.6 Å². The summed E-state index contributed by atoms with van der Waals surface area (Å²) in [5.74, 6) is 0.905. The van der Waals surface area contributed by atoms with E-state index in [0.717, 1.165) is 17.7 Å². The largest absolute Gasteiger partial charge is 0.390 e. The Kier molecular flexibility index (Phi) is 1.94. The van der Waals surface area contributed by atoms with E-state index in [-0.39, 0.29) is 30.1 Å². The van der Waals surface area contributed by atoms with Crippen molar-refractivity contribution in [1.82, 2.24) is 0 Å². The number of carbonyl (C=O) groups excluding carboxylic acids is 1. The van der Waals surface area contributed by atoms with E-state index in [2.05, 4.69) is 0 Å². The maximum atomic E-state index is 12.8. The molecule has 5 rings (SSSR count). The summed E-state index contributed by atoms with van der Waals surface area (Å²) in [5, 5.41) is 10.3. The fraction of sp³-hybridized carbons (Fsp3) is 0.562. The molecule has 0 aromatic heterocycles. The Morgan fingerprint density at radius 1 is 1.35 bits per heavy atom. The monoisotopic (exact) mass is 271 g/mol. The minimum atomic E-state index is -0.435. The van der Waals surface area contributed by atoms with Crippen molar-refractivity contribution in [3.8, 4) is 0 Å². The van der Waals surface area contributed by atoms with Crippen LogP contribution in [0.25, 0.3) is 0 Å². The van der Waals surface area contributed by atoms with E-state index in [0.29, 0.717) is 11.8 Å². The highest BCUT2D eigenvalue weighted by molar-refractivity contribution is 5.99. The van der Waals surface area contributed by atoms with Crippen LogP contribution >= 0.6 is 0 Å². The molecule has 104 valence electrons. The molecule has 1 amide bonds. The van der Waals surface area contributed by atoms with Crippen LogP contribution in [0.4, 0.5) is 5.69 Å². The van der Waals surface area contributed by atoms with Crippen LogP contribution in [0.15, 0.2) is 24.3 Å². The minimum absolute atomic E-state index is 0.0285. The van der Waals surface area contributed by atoms with E-state index in [1.165, 1.54) is 0 Å². The highest BCUT2D eigenvalue weighted by Gasteiger charge is 2.72. The second kappa shape index (κ2) is 3.43. The molecule has 4 aliphatic rings. The van der Waals surface area contributed by atoms with Gasteiger partial charge in [-0.05, 0) is 42.9 Å². The molecule has 2 saturated carbocycles. The number of carbonyl (C=O) groups is 1. The smallest absolute Gasteiger partial charge is 0.233 e. The van der Waals surface area contributed by atoms with Gasteiger partial charge in [0.15, 0.2) is 0 Å². The van der Waals surface area contributed by atoms with E-state index in [9.17, 15) is 9.90 Å². The molecule has 0 radical (unpaired) electrons. The Balaban J connectivity index is 1.61. The molecule has 1 aromatic rings. The molecule has 20 heavy (non-hydrogen) atoms. The highest BCUT2D eigenvalue weighted by Crippen LogP contribution is 2.63. The van der Waals surface area contributed by atoms with Gasteiger partial charge in [0.05, 0.1) is 18.1 Å². The second-order valence-corrected chi connectivity index (χ2v) is 6.70. The Morgan fingerprint density at radius 2 is 2.20 bits per heavy atom. The van der Waals surface area contributed by atoms with Crippen molar-refractivity contribution >= 4 is 11.6 Å². The molecule has 2 aliphatic carbocycles. The van der Waals surface area contributed by atoms with Gasteiger partial charge in [-0.3, -0.25) is 9.69 Å². The van der Waals surface area contributed by atoms with Gasteiger partial charge in [0.2, 0.25) is 5.91 Å². The Bertz CT molecular complexity index is 615. The third kappa shape index (κ3) is 1.10. The third-order valence-corrected chi connectivity index (χ3v) is 5.79. The normalized spacial score (nSPS) is 47.6. The zero-order chi connectivity index (χ0) is 13.6. The molecule has 2 saturated heterocycles. The summed E-state index contributed by atoms with van der Waals surface area (Å²) < 4.78 is 6.07. The molecule has 4 heteroatoms. The average Bonchev–Trinajstić information content (AvgIpc) is 3.07. The van der Waals surface area contributed by atoms with Gasteiger partial charge in [0.1, 0.15) is 6.23 Å². The first-order valence-electron chi connectivity index (χ1n) is 7.40. The second-order valence-electron chi connectivity index (χ2n) is 6.70. The van der Waals surface area contributed by atoms with E-state index in [1.807, 2.05) is 36.1 Å². The molecule has 2 bridgehead atoms.